The van der Waals surface area contributed by atoms with Gasteiger partial charge in [0, 0.05) is 48.3 Å². The van der Waals surface area contributed by atoms with Crippen LogP contribution in [-0.2, 0) is 0 Å². The van der Waals surface area contributed by atoms with Crippen LogP contribution in [-0.4, -0.2) is 60.6 Å². The SMILES string of the molecule is Cc1ccc(N2N=C(NC(=O)Nc3ccc(OCCN4CCSCC4)c4ccccc34)CC2C(C)(C)C)cc1. The van der Waals surface area contributed by atoms with Crippen molar-refractivity contribution >= 4 is 45.8 Å². The molecule has 39 heavy (non-hydrogen) atoms. The summed E-state index contributed by atoms with van der Waals surface area (Å²) in [7, 11) is 0. The van der Waals surface area contributed by atoms with E-state index in [1.54, 1.807) is 0 Å². The number of urea groups is 1. The Bertz CT molecular complexity index is 1330. The van der Waals surface area contributed by atoms with Crippen molar-refractivity contribution in [3.05, 3.63) is 66.2 Å². The number of carbonyl (C=O) groups is 1. The minimum atomic E-state index is -0.297. The van der Waals surface area contributed by atoms with Crippen LogP contribution in [0.1, 0.15) is 32.8 Å². The summed E-state index contributed by atoms with van der Waals surface area (Å²) in [4.78, 5) is 15.6. The van der Waals surface area contributed by atoms with Crippen molar-refractivity contribution < 1.29 is 9.53 Å². The molecule has 2 heterocycles. The highest BCUT2D eigenvalue weighted by Gasteiger charge is 2.37. The number of thioether (sulfide) groups is 1. The normalized spacial score (nSPS) is 18.2. The zero-order chi connectivity index (χ0) is 27.4. The maximum atomic E-state index is 13.1. The molecule has 2 aliphatic rings. The van der Waals surface area contributed by atoms with Gasteiger partial charge in [0.15, 0.2) is 0 Å². The van der Waals surface area contributed by atoms with E-state index in [1.807, 2.05) is 53.2 Å². The number of ether oxygens (including phenoxy) is 1. The lowest BCUT2D eigenvalue weighted by molar-refractivity contribution is 0.224. The zero-order valence-corrected chi connectivity index (χ0v) is 24.2. The number of hydrogen-bond acceptors (Lipinski definition) is 6. The van der Waals surface area contributed by atoms with E-state index in [2.05, 4.69) is 67.5 Å². The van der Waals surface area contributed by atoms with E-state index in [0.717, 1.165) is 47.5 Å². The largest absolute Gasteiger partial charge is 0.492 e. The number of benzene rings is 3. The molecule has 0 aromatic heterocycles. The van der Waals surface area contributed by atoms with Gasteiger partial charge in [-0.15, -0.1) is 0 Å². The zero-order valence-electron chi connectivity index (χ0n) is 23.4. The summed E-state index contributed by atoms with van der Waals surface area (Å²) in [6, 6.07) is 20.1. The fourth-order valence-electron chi connectivity index (χ4n) is 5.09. The van der Waals surface area contributed by atoms with Crippen molar-refractivity contribution in [3.8, 4) is 5.75 Å². The summed E-state index contributed by atoms with van der Waals surface area (Å²) in [5.41, 5.74) is 2.95. The molecule has 2 aliphatic heterocycles. The molecule has 7 nitrogen and oxygen atoms in total. The van der Waals surface area contributed by atoms with Gasteiger partial charge < -0.3 is 10.1 Å². The van der Waals surface area contributed by atoms with Gasteiger partial charge in [-0.1, -0.05) is 62.7 Å². The highest BCUT2D eigenvalue weighted by molar-refractivity contribution is 7.99. The summed E-state index contributed by atoms with van der Waals surface area (Å²) in [6.45, 7) is 12.5. The van der Waals surface area contributed by atoms with Crippen molar-refractivity contribution in [1.29, 1.82) is 0 Å². The molecule has 3 aromatic carbocycles. The van der Waals surface area contributed by atoms with Crippen LogP contribution in [0, 0.1) is 12.3 Å². The lowest BCUT2D eigenvalue weighted by atomic mass is 9.84. The predicted octanol–water partition coefficient (Wildman–Crippen LogP) is 6.34. The van der Waals surface area contributed by atoms with Crippen LogP contribution < -0.4 is 20.4 Å². The van der Waals surface area contributed by atoms with Gasteiger partial charge in [-0.2, -0.15) is 16.9 Å². The second-order valence-corrected chi connectivity index (χ2v) is 12.6. The molecule has 1 unspecified atom stereocenters. The van der Waals surface area contributed by atoms with Gasteiger partial charge in [-0.3, -0.25) is 15.2 Å². The molecule has 1 fully saturated rings. The first-order valence-electron chi connectivity index (χ1n) is 13.7. The number of fused-ring (bicyclic) bond motifs is 1. The van der Waals surface area contributed by atoms with Gasteiger partial charge in [0.2, 0.25) is 0 Å². The number of carbonyl (C=O) groups excluding carboxylic acids is 1. The number of amidine groups is 1. The molecule has 2 N–H and O–H groups in total. The van der Waals surface area contributed by atoms with Gasteiger partial charge in [0.1, 0.15) is 18.2 Å². The quantitative estimate of drug-likeness (QED) is 0.379. The fraction of sp³-hybridized carbons (Fsp3) is 0.419. The third kappa shape index (κ3) is 6.68. The van der Waals surface area contributed by atoms with E-state index in [0.29, 0.717) is 18.9 Å². The van der Waals surface area contributed by atoms with Crippen LogP contribution in [0.15, 0.2) is 65.8 Å². The Hall–Kier alpha value is -3.23. The number of aryl methyl sites for hydroxylation is 1. The highest BCUT2D eigenvalue weighted by atomic mass is 32.2. The summed E-state index contributed by atoms with van der Waals surface area (Å²) < 4.78 is 6.19. The maximum Gasteiger partial charge on any atom is 0.324 e. The van der Waals surface area contributed by atoms with Crippen molar-refractivity contribution in [1.82, 2.24) is 10.2 Å². The van der Waals surface area contributed by atoms with Gasteiger partial charge >= 0.3 is 6.03 Å². The van der Waals surface area contributed by atoms with Crippen molar-refractivity contribution in [2.24, 2.45) is 10.5 Å². The van der Waals surface area contributed by atoms with Crippen molar-refractivity contribution in [3.63, 3.8) is 0 Å². The Morgan fingerprint density at radius 1 is 1.00 bits per heavy atom. The number of anilines is 2. The number of nitrogens with one attached hydrogen (secondary N) is 2. The van der Waals surface area contributed by atoms with E-state index < -0.39 is 0 Å². The molecular formula is C31H39N5O2S. The van der Waals surface area contributed by atoms with E-state index in [4.69, 9.17) is 9.84 Å². The minimum Gasteiger partial charge on any atom is -0.492 e. The summed E-state index contributed by atoms with van der Waals surface area (Å²) >= 11 is 2.02. The summed E-state index contributed by atoms with van der Waals surface area (Å²) in [5, 5.41) is 14.9. The number of hydrazone groups is 1. The molecular weight excluding hydrogens is 506 g/mol. The maximum absolute atomic E-state index is 13.1. The van der Waals surface area contributed by atoms with Crippen LogP contribution in [0.2, 0.25) is 0 Å². The van der Waals surface area contributed by atoms with E-state index in [9.17, 15) is 4.79 Å². The number of nitrogens with zero attached hydrogens (tertiary/aromatic N) is 3. The number of amides is 2. The molecule has 0 radical (unpaired) electrons. The predicted molar refractivity (Wildman–Crippen MR) is 164 cm³/mol. The fourth-order valence-corrected chi connectivity index (χ4v) is 6.07. The number of rotatable bonds is 6. The molecule has 0 saturated carbocycles. The molecule has 3 aromatic rings. The van der Waals surface area contributed by atoms with Crippen LogP contribution in [0.25, 0.3) is 10.8 Å². The second kappa shape index (κ2) is 11.9. The molecule has 1 atom stereocenters. The van der Waals surface area contributed by atoms with Crippen LogP contribution in [0.4, 0.5) is 16.2 Å². The summed E-state index contributed by atoms with van der Waals surface area (Å²) in [6.07, 6.45) is 0.661. The monoisotopic (exact) mass is 545 g/mol. The van der Waals surface area contributed by atoms with E-state index in [-0.39, 0.29) is 17.5 Å². The standard InChI is InChI=1S/C31H39N5O2S/c1-22-9-11-23(12-10-22)36-28(31(2,3)4)21-29(34-36)33-30(37)32-26-13-14-27(25-8-6-5-7-24(25)26)38-18-15-35-16-19-39-20-17-35/h5-14,28H,15-21H2,1-4H3,(H2,32,33,34,37). The second-order valence-electron chi connectivity index (χ2n) is 11.4. The third-order valence-corrected chi connectivity index (χ3v) is 8.31. The Labute approximate surface area is 236 Å². The Balaban J connectivity index is 1.27. The molecule has 2 amide bonds. The van der Waals surface area contributed by atoms with E-state index in [1.165, 1.54) is 17.1 Å². The molecule has 206 valence electrons. The Kier molecular flexibility index (Phi) is 8.33. The first-order chi connectivity index (χ1) is 18.8. The molecule has 1 saturated heterocycles. The third-order valence-electron chi connectivity index (χ3n) is 7.37. The minimum absolute atomic E-state index is 0.0205. The molecule has 0 bridgehead atoms. The smallest absolute Gasteiger partial charge is 0.324 e. The van der Waals surface area contributed by atoms with Gasteiger partial charge in [0.25, 0.3) is 0 Å². The number of hydrogen-bond donors (Lipinski definition) is 2. The van der Waals surface area contributed by atoms with Crippen LogP contribution in [0.3, 0.4) is 0 Å². The van der Waals surface area contributed by atoms with Crippen molar-refractivity contribution in [2.75, 3.05) is 48.1 Å². The first kappa shape index (κ1) is 27.3. The Morgan fingerprint density at radius 2 is 1.72 bits per heavy atom. The first-order valence-corrected chi connectivity index (χ1v) is 14.9. The topological polar surface area (TPSA) is 69.2 Å². The lowest BCUT2D eigenvalue weighted by Crippen LogP contribution is -2.39. The summed E-state index contributed by atoms with van der Waals surface area (Å²) in [5.74, 6) is 3.88. The van der Waals surface area contributed by atoms with E-state index >= 15 is 0 Å². The van der Waals surface area contributed by atoms with Gasteiger partial charge in [-0.25, -0.2) is 4.79 Å². The average Bonchev–Trinajstić information content (AvgIpc) is 3.35. The Morgan fingerprint density at radius 3 is 2.44 bits per heavy atom. The average molecular weight is 546 g/mol. The lowest BCUT2D eigenvalue weighted by Gasteiger charge is -2.34. The molecule has 5 rings (SSSR count). The van der Waals surface area contributed by atoms with Gasteiger partial charge in [0.05, 0.1) is 17.4 Å². The van der Waals surface area contributed by atoms with Crippen LogP contribution >= 0.6 is 11.8 Å². The molecule has 0 spiro atoms. The molecule has 0 aliphatic carbocycles. The highest BCUT2D eigenvalue weighted by Crippen LogP contribution is 2.35. The van der Waals surface area contributed by atoms with Gasteiger partial charge in [-0.05, 0) is 36.6 Å². The molecule has 8 heteroatoms. The van der Waals surface area contributed by atoms with Crippen LogP contribution in [0.5, 0.6) is 5.75 Å². The van der Waals surface area contributed by atoms with Crippen molar-refractivity contribution in [2.45, 2.75) is 40.2 Å².